The van der Waals surface area contributed by atoms with Gasteiger partial charge in [0.05, 0.1) is 0 Å². The van der Waals surface area contributed by atoms with E-state index in [-0.39, 0.29) is 5.75 Å². The minimum absolute atomic E-state index is 0.279. The summed E-state index contributed by atoms with van der Waals surface area (Å²) in [5.41, 5.74) is 0.908. The van der Waals surface area contributed by atoms with Crippen LogP contribution in [0.3, 0.4) is 0 Å². The summed E-state index contributed by atoms with van der Waals surface area (Å²) in [4.78, 5) is 2.29. The van der Waals surface area contributed by atoms with Gasteiger partial charge in [-0.05, 0) is 30.2 Å². The molecule has 17 heavy (non-hydrogen) atoms. The van der Waals surface area contributed by atoms with E-state index in [1.165, 1.54) is 12.1 Å². The van der Waals surface area contributed by atoms with Crippen LogP contribution in [-0.2, 0) is 6.54 Å². The lowest BCUT2D eigenvalue weighted by Crippen LogP contribution is -2.27. The van der Waals surface area contributed by atoms with Gasteiger partial charge in [-0.2, -0.15) is 0 Å². The van der Waals surface area contributed by atoms with Crippen molar-refractivity contribution < 1.29 is 9.50 Å². The molecule has 0 fully saturated rings. The predicted octanol–water partition coefficient (Wildman–Crippen LogP) is 3.40. The molecule has 0 radical (unpaired) electrons. The second-order valence-corrected chi connectivity index (χ2v) is 4.63. The minimum Gasteiger partial charge on any atom is -0.505 e. The molecule has 96 valence electrons. The molecule has 0 spiro atoms. The van der Waals surface area contributed by atoms with Crippen LogP contribution in [0, 0.1) is 11.7 Å². The minimum atomic E-state index is -0.540. The van der Waals surface area contributed by atoms with E-state index in [1.807, 2.05) is 0 Å². The van der Waals surface area contributed by atoms with E-state index in [9.17, 15) is 4.39 Å². The molecular weight excluding hydrogens is 217 g/mol. The van der Waals surface area contributed by atoms with Gasteiger partial charge in [-0.25, -0.2) is 4.39 Å². The van der Waals surface area contributed by atoms with Crippen molar-refractivity contribution in [3.05, 3.63) is 29.6 Å². The summed E-state index contributed by atoms with van der Waals surface area (Å²) < 4.78 is 13.2. The van der Waals surface area contributed by atoms with E-state index in [1.54, 1.807) is 6.07 Å². The quantitative estimate of drug-likeness (QED) is 0.822. The van der Waals surface area contributed by atoms with Gasteiger partial charge in [-0.1, -0.05) is 33.3 Å². The molecule has 0 heterocycles. The first-order chi connectivity index (χ1) is 8.06. The first kappa shape index (κ1) is 14.0. The van der Waals surface area contributed by atoms with Crippen molar-refractivity contribution in [2.75, 3.05) is 13.1 Å². The zero-order valence-corrected chi connectivity index (χ0v) is 10.9. The Kier molecular flexibility index (Phi) is 5.42. The third-order valence-electron chi connectivity index (χ3n) is 3.13. The maximum atomic E-state index is 13.2. The summed E-state index contributed by atoms with van der Waals surface area (Å²) in [6.07, 6.45) is 1.15. The van der Waals surface area contributed by atoms with Gasteiger partial charge in [0, 0.05) is 13.1 Å². The Morgan fingerprint density at radius 1 is 1.35 bits per heavy atom. The molecule has 0 amide bonds. The van der Waals surface area contributed by atoms with E-state index >= 15 is 0 Å². The highest BCUT2D eigenvalue weighted by Crippen LogP contribution is 2.17. The molecule has 1 N–H and O–H groups in total. The van der Waals surface area contributed by atoms with E-state index in [0.29, 0.717) is 5.92 Å². The molecule has 0 aliphatic carbocycles. The van der Waals surface area contributed by atoms with E-state index in [4.69, 9.17) is 5.11 Å². The van der Waals surface area contributed by atoms with Gasteiger partial charge in [0.25, 0.3) is 0 Å². The average molecular weight is 239 g/mol. The van der Waals surface area contributed by atoms with E-state index in [2.05, 4.69) is 25.7 Å². The third kappa shape index (κ3) is 4.35. The highest BCUT2D eigenvalue weighted by atomic mass is 19.1. The fourth-order valence-electron chi connectivity index (χ4n) is 1.78. The van der Waals surface area contributed by atoms with Gasteiger partial charge in [0.15, 0.2) is 11.6 Å². The molecule has 1 unspecified atom stereocenters. The lowest BCUT2D eigenvalue weighted by molar-refractivity contribution is 0.237. The highest BCUT2D eigenvalue weighted by Gasteiger charge is 2.09. The monoisotopic (exact) mass is 239 g/mol. The zero-order valence-electron chi connectivity index (χ0n) is 10.9. The molecule has 0 bridgehead atoms. The fraction of sp³-hybridized carbons (Fsp3) is 0.571. The largest absolute Gasteiger partial charge is 0.505 e. The van der Waals surface area contributed by atoms with Crippen LogP contribution in [0.25, 0.3) is 0 Å². The number of hydrogen-bond acceptors (Lipinski definition) is 2. The lowest BCUT2D eigenvalue weighted by Gasteiger charge is -2.23. The predicted molar refractivity (Wildman–Crippen MR) is 68.5 cm³/mol. The first-order valence-corrected chi connectivity index (χ1v) is 6.26. The van der Waals surface area contributed by atoms with Crippen molar-refractivity contribution >= 4 is 0 Å². The van der Waals surface area contributed by atoms with Gasteiger partial charge < -0.3 is 5.11 Å². The van der Waals surface area contributed by atoms with Gasteiger partial charge in [0.1, 0.15) is 0 Å². The molecule has 0 aliphatic rings. The molecule has 0 saturated heterocycles. The Morgan fingerprint density at radius 2 is 2.06 bits per heavy atom. The second-order valence-electron chi connectivity index (χ2n) is 4.63. The number of nitrogens with zero attached hydrogens (tertiary/aromatic N) is 1. The van der Waals surface area contributed by atoms with Crippen LogP contribution in [0.15, 0.2) is 18.2 Å². The van der Waals surface area contributed by atoms with Gasteiger partial charge in [-0.15, -0.1) is 0 Å². The summed E-state index contributed by atoms with van der Waals surface area (Å²) in [7, 11) is 0. The summed E-state index contributed by atoms with van der Waals surface area (Å²) in [5, 5.41) is 9.13. The average Bonchev–Trinajstić information content (AvgIpc) is 2.32. The van der Waals surface area contributed by atoms with Crippen molar-refractivity contribution in [3.8, 4) is 5.75 Å². The zero-order chi connectivity index (χ0) is 12.8. The first-order valence-electron chi connectivity index (χ1n) is 6.26. The van der Waals surface area contributed by atoms with Crippen LogP contribution >= 0.6 is 0 Å². The van der Waals surface area contributed by atoms with Crippen molar-refractivity contribution in [1.82, 2.24) is 4.90 Å². The van der Waals surface area contributed by atoms with Crippen molar-refractivity contribution in [1.29, 1.82) is 0 Å². The van der Waals surface area contributed by atoms with Crippen molar-refractivity contribution in [3.63, 3.8) is 0 Å². The molecular formula is C14H22FNO. The maximum absolute atomic E-state index is 13.2. The van der Waals surface area contributed by atoms with Crippen LogP contribution in [0.2, 0.25) is 0 Å². The third-order valence-corrected chi connectivity index (χ3v) is 3.13. The van der Waals surface area contributed by atoms with Crippen LogP contribution in [0.1, 0.15) is 32.8 Å². The van der Waals surface area contributed by atoms with E-state index < -0.39 is 5.82 Å². The van der Waals surface area contributed by atoms with Crippen LogP contribution < -0.4 is 0 Å². The molecule has 1 atom stereocenters. The molecule has 1 rings (SSSR count). The number of rotatable bonds is 6. The topological polar surface area (TPSA) is 23.5 Å². The molecule has 0 saturated carbocycles. The molecule has 1 aromatic carbocycles. The van der Waals surface area contributed by atoms with Gasteiger partial charge in [0.2, 0.25) is 0 Å². The molecule has 0 aliphatic heterocycles. The number of halogens is 1. The van der Waals surface area contributed by atoms with Crippen molar-refractivity contribution in [2.45, 2.75) is 33.7 Å². The SMILES string of the molecule is CCC(C)CN(CC)Cc1ccc(O)c(F)c1. The molecule has 2 nitrogen and oxygen atoms in total. The summed E-state index contributed by atoms with van der Waals surface area (Å²) in [5.74, 6) is -0.169. The van der Waals surface area contributed by atoms with Crippen molar-refractivity contribution in [2.24, 2.45) is 5.92 Å². The Hall–Kier alpha value is -1.09. The number of benzene rings is 1. The van der Waals surface area contributed by atoms with Crippen LogP contribution in [0.5, 0.6) is 5.75 Å². The molecule has 1 aromatic rings. The fourth-order valence-corrected chi connectivity index (χ4v) is 1.78. The van der Waals surface area contributed by atoms with E-state index in [0.717, 1.165) is 31.6 Å². The van der Waals surface area contributed by atoms with Gasteiger partial charge >= 0.3 is 0 Å². The number of aromatic hydroxyl groups is 1. The van der Waals surface area contributed by atoms with Crippen LogP contribution in [0.4, 0.5) is 4.39 Å². The lowest BCUT2D eigenvalue weighted by atomic mass is 10.1. The van der Waals surface area contributed by atoms with Crippen LogP contribution in [-0.4, -0.2) is 23.1 Å². The number of hydrogen-bond donors (Lipinski definition) is 1. The molecule has 0 aromatic heterocycles. The summed E-state index contributed by atoms with van der Waals surface area (Å²) in [6, 6.07) is 4.61. The number of phenolic OH excluding ortho intramolecular Hbond substituents is 1. The Bertz CT molecular complexity index is 354. The normalized spacial score (nSPS) is 13.0. The maximum Gasteiger partial charge on any atom is 0.165 e. The highest BCUT2D eigenvalue weighted by molar-refractivity contribution is 5.27. The molecule has 3 heteroatoms. The second kappa shape index (κ2) is 6.60. The smallest absolute Gasteiger partial charge is 0.165 e. The Morgan fingerprint density at radius 3 is 2.59 bits per heavy atom. The summed E-state index contributed by atoms with van der Waals surface area (Å²) >= 11 is 0. The summed E-state index contributed by atoms with van der Waals surface area (Å²) in [6.45, 7) is 9.22. The van der Waals surface area contributed by atoms with Gasteiger partial charge in [-0.3, -0.25) is 4.90 Å². The Balaban J connectivity index is 2.63. The standard InChI is InChI=1S/C14H22FNO/c1-4-11(3)9-16(5-2)10-12-6-7-14(17)13(15)8-12/h6-8,11,17H,4-5,9-10H2,1-3H3. The number of phenols is 1. The Labute approximate surface area is 103 Å².